The molecule has 0 spiro atoms. The highest BCUT2D eigenvalue weighted by molar-refractivity contribution is 5.99. The average Bonchev–Trinajstić information content (AvgIpc) is 3.07. The first kappa shape index (κ1) is 19.9. The minimum Gasteiger partial charge on any atom is -0.327 e. The summed E-state index contributed by atoms with van der Waals surface area (Å²) in [4.78, 5) is 27.9. The van der Waals surface area contributed by atoms with Crippen LogP contribution in [0, 0.1) is 20.8 Å². The van der Waals surface area contributed by atoms with Crippen molar-refractivity contribution in [2.75, 3.05) is 5.32 Å². The second-order valence-corrected chi connectivity index (χ2v) is 8.02. The molecule has 0 saturated heterocycles. The summed E-state index contributed by atoms with van der Waals surface area (Å²) in [5.74, 6) is -0.117. The van der Waals surface area contributed by atoms with E-state index in [4.69, 9.17) is 0 Å². The van der Waals surface area contributed by atoms with Crippen molar-refractivity contribution in [3.8, 4) is 0 Å². The van der Waals surface area contributed by atoms with Gasteiger partial charge in [-0.2, -0.15) is 0 Å². The van der Waals surface area contributed by atoms with Gasteiger partial charge in [-0.05, 0) is 55.2 Å². The summed E-state index contributed by atoms with van der Waals surface area (Å²) >= 11 is 0. The number of carbonyl (C=O) groups is 2. The fourth-order valence-corrected chi connectivity index (χ4v) is 3.99. The van der Waals surface area contributed by atoms with E-state index in [-0.39, 0.29) is 24.3 Å². The van der Waals surface area contributed by atoms with E-state index in [1.807, 2.05) is 92.4 Å². The first-order chi connectivity index (χ1) is 14.4. The van der Waals surface area contributed by atoms with Crippen LogP contribution in [-0.2, 0) is 11.3 Å². The van der Waals surface area contributed by atoms with Gasteiger partial charge in [0.15, 0.2) is 0 Å². The van der Waals surface area contributed by atoms with Gasteiger partial charge in [0.05, 0.1) is 12.5 Å². The Morgan fingerprint density at radius 3 is 2.43 bits per heavy atom. The van der Waals surface area contributed by atoms with Crippen LogP contribution in [0.25, 0.3) is 0 Å². The molecule has 4 rings (SSSR count). The molecule has 1 heterocycles. The van der Waals surface area contributed by atoms with Crippen LogP contribution >= 0.6 is 0 Å². The number of carbonyl (C=O) groups excluding carboxylic acids is 2. The number of benzene rings is 3. The predicted molar refractivity (Wildman–Crippen MR) is 119 cm³/mol. The average molecular weight is 399 g/mol. The van der Waals surface area contributed by atoms with Crippen LogP contribution < -0.4 is 5.32 Å². The van der Waals surface area contributed by atoms with E-state index in [2.05, 4.69) is 5.32 Å². The molecule has 1 aliphatic heterocycles. The number of amides is 2. The number of nitrogens with one attached hydrogen (secondary N) is 1. The fraction of sp³-hybridized carbons (Fsp3) is 0.231. The highest BCUT2D eigenvalue weighted by atomic mass is 16.2. The first-order valence-electron chi connectivity index (χ1n) is 10.3. The van der Waals surface area contributed by atoms with Gasteiger partial charge in [-0.15, -0.1) is 0 Å². The number of hydrogen-bond donors (Lipinski definition) is 1. The lowest BCUT2D eigenvalue weighted by molar-refractivity contribution is -0.117. The van der Waals surface area contributed by atoms with Crippen LogP contribution in [-0.4, -0.2) is 16.7 Å². The zero-order chi connectivity index (χ0) is 21.3. The second kappa shape index (κ2) is 8.15. The van der Waals surface area contributed by atoms with E-state index in [9.17, 15) is 9.59 Å². The molecule has 0 radical (unpaired) electrons. The Balaban J connectivity index is 1.62. The molecule has 1 unspecified atom stereocenters. The van der Waals surface area contributed by atoms with Crippen molar-refractivity contribution in [1.82, 2.24) is 4.90 Å². The molecular formula is C26H26N2O2. The zero-order valence-electron chi connectivity index (χ0n) is 17.6. The van der Waals surface area contributed by atoms with Crippen molar-refractivity contribution in [2.24, 2.45) is 0 Å². The summed E-state index contributed by atoms with van der Waals surface area (Å²) in [6.45, 7) is 6.58. The van der Waals surface area contributed by atoms with Crippen LogP contribution in [0.5, 0.6) is 0 Å². The molecular weight excluding hydrogens is 372 g/mol. The van der Waals surface area contributed by atoms with E-state index in [0.717, 1.165) is 39.1 Å². The lowest BCUT2D eigenvalue weighted by Crippen LogP contribution is -2.32. The van der Waals surface area contributed by atoms with Gasteiger partial charge in [0.1, 0.15) is 0 Å². The molecule has 4 heteroatoms. The van der Waals surface area contributed by atoms with Gasteiger partial charge in [0, 0.05) is 17.8 Å². The molecule has 0 saturated carbocycles. The normalized spacial score (nSPS) is 13.8. The van der Waals surface area contributed by atoms with Crippen molar-refractivity contribution >= 4 is 17.5 Å². The van der Waals surface area contributed by atoms with E-state index < -0.39 is 0 Å². The fourth-order valence-electron chi connectivity index (χ4n) is 3.99. The van der Waals surface area contributed by atoms with Crippen molar-refractivity contribution in [3.05, 3.63) is 100 Å². The largest absolute Gasteiger partial charge is 0.327 e. The predicted octanol–water partition coefficient (Wildman–Crippen LogP) is 5.34. The summed E-state index contributed by atoms with van der Waals surface area (Å²) in [6.07, 6.45) is 0.205. The Morgan fingerprint density at radius 2 is 1.70 bits per heavy atom. The number of aryl methyl sites for hydroxylation is 2. The van der Waals surface area contributed by atoms with Crippen LogP contribution in [0.3, 0.4) is 0 Å². The molecule has 0 aliphatic carbocycles. The molecule has 3 aromatic rings. The summed E-state index contributed by atoms with van der Waals surface area (Å²) in [5, 5.41) is 3.05. The molecule has 152 valence electrons. The quantitative estimate of drug-likeness (QED) is 0.631. The third-order valence-corrected chi connectivity index (χ3v) is 5.95. The Hall–Kier alpha value is -3.40. The maximum absolute atomic E-state index is 13.1. The van der Waals surface area contributed by atoms with Crippen molar-refractivity contribution in [2.45, 2.75) is 39.8 Å². The van der Waals surface area contributed by atoms with E-state index in [0.29, 0.717) is 6.54 Å². The van der Waals surface area contributed by atoms with Gasteiger partial charge in [0.25, 0.3) is 5.91 Å². The topological polar surface area (TPSA) is 49.4 Å². The number of nitrogens with zero attached hydrogens (tertiary/aromatic N) is 1. The second-order valence-electron chi connectivity index (χ2n) is 8.02. The highest BCUT2D eigenvalue weighted by Gasteiger charge is 2.34. The Labute approximate surface area is 177 Å². The van der Waals surface area contributed by atoms with Crippen LogP contribution in [0.15, 0.2) is 66.7 Å². The van der Waals surface area contributed by atoms with Crippen LogP contribution in [0.4, 0.5) is 5.69 Å². The number of fused-ring (bicyclic) bond motifs is 1. The Bertz CT molecular complexity index is 1100. The minimum atomic E-state index is -0.324. The Kier molecular flexibility index (Phi) is 5.40. The van der Waals surface area contributed by atoms with Gasteiger partial charge >= 0.3 is 0 Å². The minimum absolute atomic E-state index is 0.0179. The number of anilines is 1. The lowest BCUT2D eigenvalue weighted by Gasteiger charge is -2.28. The van der Waals surface area contributed by atoms with E-state index >= 15 is 0 Å². The molecule has 1 aliphatic rings. The molecule has 4 nitrogen and oxygen atoms in total. The SMILES string of the molecule is Cc1ccc(C(CC(=O)Nc2cccc(C)c2C)N2Cc3ccccc3C2=O)cc1. The number of hydrogen-bond acceptors (Lipinski definition) is 2. The summed E-state index contributed by atoms with van der Waals surface area (Å²) in [5.41, 5.74) is 6.86. The van der Waals surface area contributed by atoms with Crippen LogP contribution in [0.2, 0.25) is 0 Å². The van der Waals surface area contributed by atoms with E-state index in [1.165, 1.54) is 0 Å². The zero-order valence-corrected chi connectivity index (χ0v) is 17.6. The summed E-state index contributed by atoms with van der Waals surface area (Å²) < 4.78 is 0. The number of rotatable bonds is 5. The van der Waals surface area contributed by atoms with Gasteiger partial charge in [-0.25, -0.2) is 0 Å². The van der Waals surface area contributed by atoms with Gasteiger partial charge in [-0.3, -0.25) is 9.59 Å². The molecule has 0 bridgehead atoms. The van der Waals surface area contributed by atoms with Crippen molar-refractivity contribution < 1.29 is 9.59 Å². The smallest absolute Gasteiger partial charge is 0.255 e. The third kappa shape index (κ3) is 3.86. The van der Waals surface area contributed by atoms with Gasteiger partial charge < -0.3 is 10.2 Å². The maximum atomic E-state index is 13.1. The van der Waals surface area contributed by atoms with E-state index in [1.54, 1.807) is 0 Å². The Morgan fingerprint density at radius 1 is 0.967 bits per heavy atom. The first-order valence-corrected chi connectivity index (χ1v) is 10.3. The highest BCUT2D eigenvalue weighted by Crippen LogP contribution is 2.34. The molecule has 0 fully saturated rings. The standard InChI is InChI=1S/C26H26N2O2/c1-17-11-13-20(14-12-17)24(28-16-21-8-4-5-9-22(21)26(28)30)15-25(29)27-23-10-6-7-18(2)19(23)3/h4-14,24H,15-16H2,1-3H3,(H,27,29). The molecule has 30 heavy (non-hydrogen) atoms. The van der Waals surface area contributed by atoms with Crippen molar-refractivity contribution in [1.29, 1.82) is 0 Å². The molecule has 1 N–H and O–H groups in total. The third-order valence-electron chi connectivity index (χ3n) is 5.95. The lowest BCUT2D eigenvalue weighted by atomic mass is 10.00. The molecule has 3 aromatic carbocycles. The van der Waals surface area contributed by atoms with Crippen molar-refractivity contribution in [3.63, 3.8) is 0 Å². The van der Waals surface area contributed by atoms with Gasteiger partial charge in [0.2, 0.25) is 5.91 Å². The van der Waals surface area contributed by atoms with Gasteiger partial charge in [-0.1, -0.05) is 60.2 Å². The summed E-state index contributed by atoms with van der Waals surface area (Å²) in [7, 11) is 0. The molecule has 2 amide bonds. The maximum Gasteiger partial charge on any atom is 0.255 e. The monoisotopic (exact) mass is 398 g/mol. The molecule has 1 atom stereocenters. The van der Waals surface area contributed by atoms with Crippen LogP contribution in [0.1, 0.15) is 50.6 Å². The molecule has 0 aromatic heterocycles. The summed E-state index contributed by atoms with van der Waals surface area (Å²) in [6, 6.07) is 21.3.